The monoisotopic (exact) mass is 228 g/mol. The van der Waals surface area contributed by atoms with Crippen molar-refractivity contribution < 1.29 is 9.90 Å². The lowest BCUT2D eigenvalue weighted by atomic mass is 10.1. The van der Waals surface area contributed by atoms with Crippen molar-refractivity contribution in [3.63, 3.8) is 0 Å². The van der Waals surface area contributed by atoms with Gasteiger partial charge in [-0.2, -0.15) is 0 Å². The molecule has 1 rings (SSSR count). The molecule has 0 saturated carbocycles. The molecule has 4 nitrogen and oxygen atoms in total. The highest BCUT2D eigenvalue weighted by atomic mass is 32.1. The first-order valence-electron chi connectivity index (χ1n) is 4.98. The van der Waals surface area contributed by atoms with Crippen molar-refractivity contribution in [1.29, 1.82) is 0 Å². The first kappa shape index (κ1) is 12.0. The predicted molar refractivity (Wildman–Crippen MR) is 61.4 cm³/mol. The third-order valence-electron chi connectivity index (χ3n) is 2.13. The molecule has 0 spiro atoms. The summed E-state index contributed by atoms with van der Waals surface area (Å²) in [6, 6.07) is -0.569. The fourth-order valence-electron chi connectivity index (χ4n) is 1.18. The Morgan fingerprint density at radius 1 is 1.67 bits per heavy atom. The maximum atomic E-state index is 10.9. The van der Waals surface area contributed by atoms with Crippen LogP contribution in [-0.4, -0.2) is 22.1 Å². The summed E-state index contributed by atoms with van der Waals surface area (Å²) in [4.78, 5) is 15.2. The van der Waals surface area contributed by atoms with Gasteiger partial charge in [-0.3, -0.25) is 0 Å². The standard InChI is InChI=1S/C10H16N2O2S/c1-4-7-5-15-10(11-7)12-8(6(2)3)9(13)14/h5-6,8H,4H2,1-3H3,(H,11,12)(H,13,14). The molecule has 0 saturated heterocycles. The summed E-state index contributed by atoms with van der Waals surface area (Å²) in [5, 5.41) is 14.6. The number of aryl methyl sites for hydroxylation is 1. The number of hydrogen-bond donors (Lipinski definition) is 2. The van der Waals surface area contributed by atoms with Crippen LogP contribution in [0.3, 0.4) is 0 Å². The lowest BCUT2D eigenvalue weighted by molar-refractivity contribution is -0.138. The largest absolute Gasteiger partial charge is 0.480 e. The highest BCUT2D eigenvalue weighted by Gasteiger charge is 2.21. The molecule has 1 heterocycles. The van der Waals surface area contributed by atoms with E-state index in [4.69, 9.17) is 5.11 Å². The Bertz CT molecular complexity index is 336. The molecule has 0 aliphatic heterocycles. The smallest absolute Gasteiger partial charge is 0.326 e. The van der Waals surface area contributed by atoms with E-state index in [0.717, 1.165) is 12.1 Å². The molecule has 0 aliphatic carbocycles. The molecule has 0 aliphatic rings. The van der Waals surface area contributed by atoms with E-state index in [2.05, 4.69) is 10.3 Å². The number of rotatable bonds is 5. The van der Waals surface area contributed by atoms with Gasteiger partial charge in [-0.1, -0.05) is 20.8 Å². The molecule has 1 aromatic heterocycles. The van der Waals surface area contributed by atoms with Gasteiger partial charge in [-0.15, -0.1) is 11.3 Å². The van der Waals surface area contributed by atoms with Crippen molar-refractivity contribution in [1.82, 2.24) is 4.98 Å². The van der Waals surface area contributed by atoms with Crippen LogP contribution in [0.5, 0.6) is 0 Å². The van der Waals surface area contributed by atoms with Crippen LogP contribution in [0.4, 0.5) is 5.13 Å². The van der Waals surface area contributed by atoms with Crippen LogP contribution in [0.25, 0.3) is 0 Å². The Morgan fingerprint density at radius 2 is 2.33 bits per heavy atom. The summed E-state index contributed by atoms with van der Waals surface area (Å²) in [7, 11) is 0. The Balaban J connectivity index is 2.69. The van der Waals surface area contributed by atoms with E-state index in [1.807, 2.05) is 26.2 Å². The molecule has 15 heavy (non-hydrogen) atoms. The number of carbonyl (C=O) groups is 1. The maximum Gasteiger partial charge on any atom is 0.326 e. The first-order chi connectivity index (χ1) is 7.04. The van der Waals surface area contributed by atoms with Gasteiger partial charge >= 0.3 is 5.97 Å². The van der Waals surface area contributed by atoms with Gasteiger partial charge in [0.1, 0.15) is 6.04 Å². The number of hydrogen-bond acceptors (Lipinski definition) is 4. The third-order valence-corrected chi connectivity index (χ3v) is 2.95. The van der Waals surface area contributed by atoms with E-state index < -0.39 is 12.0 Å². The zero-order valence-corrected chi connectivity index (χ0v) is 9.97. The van der Waals surface area contributed by atoms with Crippen molar-refractivity contribution in [2.45, 2.75) is 33.2 Å². The number of nitrogens with zero attached hydrogens (tertiary/aromatic N) is 1. The van der Waals surface area contributed by atoms with Crippen LogP contribution >= 0.6 is 11.3 Å². The summed E-state index contributed by atoms with van der Waals surface area (Å²) >= 11 is 1.45. The first-order valence-corrected chi connectivity index (χ1v) is 5.86. The summed E-state index contributed by atoms with van der Waals surface area (Å²) < 4.78 is 0. The molecule has 5 heteroatoms. The van der Waals surface area contributed by atoms with E-state index in [9.17, 15) is 4.79 Å². The summed E-state index contributed by atoms with van der Waals surface area (Å²) in [5.41, 5.74) is 0.996. The average molecular weight is 228 g/mol. The highest BCUT2D eigenvalue weighted by Crippen LogP contribution is 2.18. The van der Waals surface area contributed by atoms with Crippen molar-refractivity contribution in [3.05, 3.63) is 11.1 Å². The van der Waals surface area contributed by atoms with E-state index in [-0.39, 0.29) is 5.92 Å². The van der Waals surface area contributed by atoms with Crippen LogP contribution in [0.2, 0.25) is 0 Å². The van der Waals surface area contributed by atoms with Gasteiger partial charge in [-0.05, 0) is 12.3 Å². The number of thiazole rings is 1. The Morgan fingerprint density at radius 3 is 2.73 bits per heavy atom. The fourth-order valence-corrected chi connectivity index (χ4v) is 2.01. The molecule has 1 aromatic rings. The number of aromatic nitrogens is 1. The Hall–Kier alpha value is -1.10. The van der Waals surface area contributed by atoms with Crippen molar-refractivity contribution in [2.75, 3.05) is 5.32 Å². The van der Waals surface area contributed by atoms with Gasteiger partial charge in [-0.25, -0.2) is 9.78 Å². The Kier molecular flexibility index (Phi) is 4.08. The second kappa shape index (κ2) is 5.11. The maximum absolute atomic E-state index is 10.9. The highest BCUT2D eigenvalue weighted by molar-refractivity contribution is 7.13. The van der Waals surface area contributed by atoms with E-state index >= 15 is 0 Å². The fraction of sp³-hybridized carbons (Fsp3) is 0.600. The minimum Gasteiger partial charge on any atom is -0.480 e. The minimum absolute atomic E-state index is 0.0384. The van der Waals surface area contributed by atoms with Crippen LogP contribution in [0.1, 0.15) is 26.5 Å². The SMILES string of the molecule is CCc1csc(NC(C(=O)O)C(C)C)n1. The van der Waals surface area contributed by atoms with Crippen LogP contribution < -0.4 is 5.32 Å². The molecular weight excluding hydrogens is 212 g/mol. The van der Waals surface area contributed by atoms with Gasteiger partial charge < -0.3 is 10.4 Å². The quantitative estimate of drug-likeness (QED) is 0.811. The number of anilines is 1. The van der Waals surface area contributed by atoms with Gasteiger partial charge in [0.15, 0.2) is 5.13 Å². The number of aliphatic carboxylic acids is 1. The second-order valence-electron chi connectivity index (χ2n) is 3.70. The predicted octanol–water partition coefficient (Wildman–Crippen LogP) is 2.23. The molecule has 2 N–H and O–H groups in total. The normalized spacial score (nSPS) is 12.8. The molecule has 0 radical (unpaired) electrons. The van der Waals surface area contributed by atoms with E-state index in [1.54, 1.807) is 0 Å². The van der Waals surface area contributed by atoms with Gasteiger partial charge in [0, 0.05) is 5.38 Å². The van der Waals surface area contributed by atoms with Crippen molar-refractivity contribution in [2.24, 2.45) is 5.92 Å². The van der Waals surface area contributed by atoms with Gasteiger partial charge in [0.2, 0.25) is 0 Å². The van der Waals surface area contributed by atoms with Crippen molar-refractivity contribution >= 4 is 22.4 Å². The zero-order valence-electron chi connectivity index (χ0n) is 9.15. The number of nitrogens with one attached hydrogen (secondary N) is 1. The molecule has 1 unspecified atom stereocenters. The van der Waals surface area contributed by atoms with Crippen LogP contribution in [0.15, 0.2) is 5.38 Å². The van der Waals surface area contributed by atoms with Gasteiger partial charge in [0.25, 0.3) is 0 Å². The number of carboxylic acids is 1. The molecule has 0 aromatic carbocycles. The second-order valence-corrected chi connectivity index (χ2v) is 4.56. The molecule has 1 atom stereocenters. The van der Waals surface area contributed by atoms with E-state index in [1.165, 1.54) is 11.3 Å². The number of carboxylic acid groups (broad SMARTS) is 1. The average Bonchev–Trinajstić information content (AvgIpc) is 2.60. The van der Waals surface area contributed by atoms with Crippen LogP contribution in [-0.2, 0) is 11.2 Å². The van der Waals surface area contributed by atoms with Crippen LogP contribution in [0, 0.1) is 5.92 Å². The zero-order chi connectivity index (χ0) is 11.4. The molecule has 84 valence electrons. The lowest BCUT2D eigenvalue weighted by Gasteiger charge is -2.16. The minimum atomic E-state index is -0.835. The molecule has 0 bridgehead atoms. The molecule has 0 amide bonds. The summed E-state index contributed by atoms with van der Waals surface area (Å²) in [6.45, 7) is 5.77. The summed E-state index contributed by atoms with van der Waals surface area (Å²) in [6.07, 6.45) is 0.873. The third kappa shape index (κ3) is 3.20. The summed E-state index contributed by atoms with van der Waals surface area (Å²) in [5.74, 6) is -0.797. The van der Waals surface area contributed by atoms with Gasteiger partial charge in [0.05, 0.1) is 5.69 Å². The molecular formula is C10H16N2O2S. The van der Waals surface area contributed by atoms with E-state index in [0.29, 0.717) is 5.13 Å². The Labute approximate surface area is 93.4 Å². The lowest BCUT2D eigenvalue weighted by Crippen LogP contribution is -2.34. The topological polar surface area (TPSA) is 62.2 Å². The van der Waals surface area contributed by atoms with Crippen molar-refractivity contribution in [3.8, 4) is 0 Å². The molecule has 0 fully saturated rings.